The molecule has 3 nitrogen and oxygen atoms in total. The molecule has 2 heterocycles. The minimum absolute atomic E-state index is 0.633. The van der Waals surface area contributed by atoms with Crippen LogP contribution in [0.15, 0.2) is 5.10 Å². The van der Waals surface area contributed by atoms with E-state index in [1.165, 1.54) is 31.4 Å². The Morgan fingerprint density at radius 3 is 2.73 bits per heavy atom. The van der Waals surface area contributed by atoms with E-state index >= 15 is 0 Å². The molecule has 3 heteroatoms. The molecule has 0 aromatic carbocycles. The molecular weight excluding hydrogens is 186 g/mol. The van der Waals surface area contributed by atoms with Gasteiger partial charge in [-0.2, -0.15) is 5.10 Å². The van der Waals surface area contributed by atoms with Crippen LogP contribution < -0.4 is 0 Å². The van der Waals surface area contributed by atoms with Gasteiger partial charge >= 0.3 is 0 Å². The van der Waals surface area contributed by atoms with Gasteiger partial charge in [0.05, 0.1) is 0 Å². The molecule has 86 valence electrons. The van der Waals surface area contributed by atoms with Gasteiger partial charge in [0.25, 0.3) is 0 Å². The van der Waals surface area contributed by atoms with Crippen LogP contribution in [0.2, 0.25) is 0 Å². The minimum Gasteiger partial charge on any atom is -0.303 e. The molecule has 3 unspecified atom stereocenters. The van der Waals surface area contributed by atoms with Crippen molar-refractivity contribution in [3.8, 4) is 0 Å². The Kier molecular flexibility index (Phi) is 3.01. The lowest BCUT2D eigenvalue weighted by atomic mass is 9.77. The fraction of sp³-hybridized carbons (Fsp3) is 0.917. The van der Waals surface area contributed by atoms with E-state index in [-0.39, 0.29) is 0 Å². The fourth-order valence-corrected chi connectivity index (χ4v) is 3.13. The van der Waals surface area contributed by atoms with Crippen molar-refractivity contribution in [2.75, 3.05) is 21.1 Å². The summed E-state index contributed by atoms with van der Waals surface area (Å²) in [5.74, 6) is 0.633. The van der Waals surface area contributed by atoms with Gasteiger partial charge in [0.15, 0.2) is 0 Å². The van der Waals surface area contributed by atoms with Crippen LogP contribution in [0.25, 0.3) is 0 Å². The fourth-order valence-electron chi connectivity index (χ4n) is 3.13. The van der Waals surface area contributed by atoms with E-state index in [1.807, 2.05) is 19.1 Å². The Morgan fingerprint density at radius 2 is 2.07 bits per heavy atom. The number of fused-ring (bicyclic) bond motifs is 2. The Bertz CT molecular complexity index is 260. The molecule has 2 rings (SSSR count). The van der Waals surface area contributed by atoms with E-state index in [2.05, 4.69) is 24.0 Å². The maximum absolute atomic E-state index is 4.66. The molecule has 0 saturated carbocycles. The molecule has 2 aliphatic heterocycles. The van der Waals surface area contributed by atoms with Gasteiger partial charge in [0.1, 0.15) is 0 Å². The number of nitrogens with zero attached hydrogens (tertiary/aromatic N) is 3. The number of hydrogen-bond donors (Lipinski definition) is 0. The summed E-state index contributed by atoms with van der Waals surface area (Å²) in [6.07, 6.45) is 5.28. The zero-order valence-electron chi connectivity index (χ0n) is 10.4. The van der Waals surface area contributed by atoms with Crippen molar-refractivity contribution in [2.45, 2.75) is 44.7 Å². The van der Waals surface area contributed by atoms with Crippen molar-refractivity contribution in [1.82, 2.24) is 9.91 Å². The lowest BCUT2D eigenvalue weighted by Crippen LogP contribution is -2.54. The quantitative estimate of drug-likeness (QED) is 0.613. The van der Waals surface area contributed by atoms with Gasteiger partial charge < -0.3 is 5.01 Å². The van der Waals surface area contributed by atoms with Gasteiger partial charge in [-0.25, -0.2) is 0 Å². The Morgan fingerprint density at radius 1 is 1.33 bits per heavy atom. The van der Waals surface area contributed by atoms with E-state index in [0.717, 1.165) is 12.1 Å². The third kappa shape index (κ3) is 2.03. The zero-order valence-corrected chi connectivity index (χ0v) is 10.4. The molecular formula is C12H23N3. The topological polar surface area (TPSA) is 18.8 Å². The second-order valence-corrected chi connectivity index (χ2v) is 5.25. The van der Waals surface area contributed by atoms with Gasteiger partial charge in [-0.15, -0.1) is 0 Å². The van der Waals surface area contributed by atoms with Gasteiger partial charge in [0, 0.05) is 44.2 Å². The van der Waals surface area contributed by atoms with Crippen LogP contribution in [0, 0.1) is 5.92 Å². The first-order valence-corrected chi connectivity index (χ1v) is 6.06. The summed E-state index contributed by atoms with van der Waals surface area (Å²) >= 11 is 0. The summed E-state index contributed by atoms with van der Waals surface area (Å²) in [6, 6.07) is 1.48. The van der Waals surface area contributed by atoms with Crippen LogP contribution in [0.4, 0.5) is 0 Å². The van der Waals surface area contributed by atoms with E-state index in [0.29, 0.717) is 5.92 Å². The van der Waals surface area contributed by atoms with Crippen molar-refractivity contribution >= 4 is 5.71 Å². The summed E-state index contributed by atoms with van der Waals surface area (Å²) in [4.78, 5) is 2.59. The molecule has 0 aromatic heterocycles. The van der Waals surface area contributed by atoms with Crippen LogP contribution in [-0.4, -0.2) is 48.8 Å². The molecule has 0 aliphatic carbocycles. The molecule has 0 N–H and O–H groups in total. The molecule has 2 bridgehead atoms. The summed E-state index contributed by atoms with van der Waals surface area (Å²) in [5.41, 5.74) is 1.41. The molecule has 2 aliphatic rings. The SMILES string of the molecule is CC1/C(=N/N(C)C)CC2CCCC1N2C. The van der Waals surface area contributed by atoms with Crippen LogP contribution in [0.3, 0.4) is 0 Å². The highest BCUT2D eigenvalue weighted by Crippen LogP contribution is 2.34. The number of piperidine rings is 2. The number of hydrazone groups is 1. The van der Waals surface area contributed by atoms with Gasteiger partial charge in [0.2, 0.25) is 0 Å². The zero-order chi connectivity index (χ0) is 11.0. The van der Waals surface area contributed by atoms with Crippen LogP contribution in [0.5, 0.6) is 0 Å². The van der Waals surface area contributed by atoms with Crippen LogP contribution in [-0.2, 0) is 0 Å². The van der Waals surface area contributed by atoms with Crippen molar-refractivity contribution in [3.63, 3.8) is 0 Å². The first kappa shape index (κ1) is 10.9. The van der Waals surface area contributed by atoms with Crippen molar-refractivity contribution in [2.24, 2.45) is 11.0 Å². The highest BCUT2D eigenvalue weighted by atomic mass is 15.4. The lowest BCUT2D eigenvalue weighted by molar-refractivity contribution is 0.0800. The average Bonchev–Trinajstić information content (AvgIpc) is 2.15. The molecule has 0 radical (unpaired) electrons. The summed E-state index contributed by atoms with van der Waals surface area (Å²) in [5, 5.41) is 6.61. The average molecular weight is 209 g/mol. The van der Waals surface area contributed by atoms with E-state index in [9.17, 15) is 0 Å². The maximum Gasteiger partial charge on any atom is 0.0439 e. The minimum atomic E-state index is 0.633. The monoisotopic (exact) mass is 209 g/mol. The standard InChI is InChI=1S/C12H23N3/c1-9-11(13-14(2)3)8-10-6-5-7-12(9)15(10)4/h9-10,12H,5-8H2,1-4H3/b13-11+. The van der Waals surface area contributed by atoms with Crippen molar-refractivity contribution in [1.29, 1.82) is 0 Å². The maximum atomic E-state index is 4.66. The van der Waals surface area contributed by atoms with Crippen LogP contribution in [0.1, 0.15) is 32.6 Å². The largest absolute Gasteiger partial charge is 0.303 e. The Hall–Kier alpha value is -0.570. The second-order valence-electron chi connectivity index (χ2n) is 5.25. The predicted octanol–water partition coefficient (Wildman–Crippen LogP) is 1.80. The molecule has 2 saturated heterocycles. The number of hydrogen-bond acceptors (Lipinski definition) is 3. The van der Waals surface area contributed by atoms with Crippen molar-refractivity contribution in [3.05, 3.63) is 0 Å². The predicted molar refractivity (Wildman–Crippen MR) is 64.1 cm³/mol. The summed E-state index contributed by atoms with van der Waals surface area (Å²) in [6.45, 7) is 2.34. The highest BCUT2D eigenvalue weighted by molar-refractivity contribution is 5.88. The highest BCUT2D eigenvalue weighted by Gasteiger charge is 2.39. The number of rotatable bonds is 1. The van der Waals surface area contributed by atoms with Crippen molar-refractivity contribution < 1.29 is 0 Å². The Balaban J connectivity index is 2.18. The molecule has 0 aromatic rings. The third-order valence-corrected chi connectivity index (χ3v) is 4.01. The molecule has 2 fully saturated rings. The smallest absolute Gasteiger partial charge is 0.0439 e. The van der Waals surface area contributed by atoms with Gasteiger partial charge in [-0.05, 0) is 19.9 Å². The summed E-state index contributed by atoms with van der Waals surface area (Å²) < 4.78 is 0. The Labute approximate surface area is 93.1 Å². The first-order chi connectivity index (χ1) is 7.09. The van der Waals surface area contributed by atoms with E-state index in [1.54, 1.807) is 0 Å². The van der Waals surface area contributed by atoms with Crippen LogP contribution >= 0.6 is 0 Å². The van der Waals surface area contributed by atoms with E-state index < -0.39 is 0 Å². The normalized spacial score (nSPS) is 39.5. The second kappa shape index (κ2) is 4.12. The van der Waals surface area contributed by atoms with Gasteiger partial charge in [-0.3, -0.25) is 4.90 Å². The third-order valence-electron chi connectivity index (χ3n) is 4.01. The summed E-state index contributed by atoms with van der Waals surface area (Å²) in [7, 11) is 6.33. The molecule has 0 amide bonds. The van der Waals surface area contributed by atoms with Gasteiger partial charge in [-0.1, -0.05) is 13.3 Å². The molecule has 15 heavy (non-hydrogen) atoms. The molecule has 0 spiro atoms. The first-order valence-electron chi connectivity index (χ1n) is 6.06. The lowest BCUT2D eigenvalue weighted by Gasteiger charge is -2.47. The van der Waals surface area contributed by atoms with E-state index in [4.69, 9.17) is 0 Å². The molecule has 3 atom stereocenters.